The molecule has 1 aromatic heterocycles. The monoisotopic (exact) mass is 353 g/mol. The first kappa shape index (κ1) is 18.5. The third-order valence-corrected chi connectivity index (χ3v) is 5.33. The van der Waals surface area contributed by atoms with Crippen molar-refractivity contribution in [3.05, 3.63) is 52.8 Å². The summed E-state index contributed by atoms with van der Waals surface area (Å²) in [4.78, 5) is 4.37. The number of hydrogen-bond acceptors (Lipinski definition) is 2. The van der Waals surface area contributed by atoms with Crippen LogP contribution in [0.3, 0.4) is 0 Å². The number of aryl methyl sites for hydroxylation is 4. The molecule has 1 aliphatic rings. The smallest absolute Gasteiger partial charge is 0.191 e. The van der Waals surface area contributed by atoms with Gasteiger partial charge in [0.25, 0.3) is 0 Å². The molecule has 3 rings (SSSR count). The fraction of sp³-hybridized carbons (Fsp3) is 0.524. The summed E-state index contributed by atoms with van der Waals surface area (Å²) in [5.74, 6) is 0.887. The quantitative estimate of drug-likeness (QED) is 0.457. The second kappa shape index (κ2) is 7.94. The fourth-order valence-corrected chi connectivity index (χ4v) is 3.67. The number of benzene rings is 1. The van der Waals surface area contributed by atoms with E-state index in [1.165, 1.54) is 29.7 Å². The highest BCUT2D eigenvalue weighted by Crippen LogP contribution is 2.48. The van der Waals surface area contributed by atoms with Gasteiger partial charge in [-0.2, -0.15) is 5.10 Å². The van der Waals surface area contributed by atoms with Crippen LogP contribution in [0.4, 0.5) is 0 Å². The van der Waals surface area contributed by atoms with Gasteiger partial charge >= 0.3 is 0 Å². The Bertz CT molecular complexity index is 770. The van der Waals surface area contributed by atoms with Gasteiger partial charge in [-0.25, -0.2) is 0 Å². The number of guanidine groups is 1. The highest BCUT2D eigenvalue weighted by atomic mass is 15.3. The van der Waals surface area contributed by atoms with Crippen molar-refractivity contribution in [1.29, 1.82) is 0 Å². The average molecular weight is 354 g/mol. The molecule has 1 fully saturated rings. The first-order chi connectivity index (χ1) is 12.5. The first-order valence-electron chi connectivity index (χ1n) is 9.56. The molecule has 0 unspecified atom stereocenters. The molecular weight excluding hydrogens is 322 g/mol. The summed E-state index contributed by atoms with van der Waals surface area (Å²) < 4.78 is 2.07. The van der Waals surface area contributed by atoms with Crippen molar-refractivity contribution in [2.75, 3.05) is 20.1 Å². The Balaban J connectivity index is 1.45. The molecule has 0 spiro atoms. The summed E-state index contributed by atoms with van der Waals surface area (Å²) >= 11 is 0. The number of aliphatic imine (C=N–C) groups is 1. The lowest BCUT2D eigenvalue weighted by atomic mass is 9.92. The molecule has 140 valence electrons. The lowest BCUT2D eigenvalue weighted by Crippen LogP contribution is -2.41. The van der Waals surface area contributed by atoms with E-state index in [0.717, 1.165) is 37.7 Å². The molecule has 2 aromatic rings. The lowest BCUT2D eigenvalue weighted by molar-refractivity contribution is 0.553. The van der Waals surface area contributed by atoms with Gasteiger partial charge < -0.3 is 10.6 Å². The molecule has 0 saturated heterocycles. The van der Waals surface area contributed by atoms with Crippen molar-refractivity contribution < 1.29 is 0 Å². The Labute approximate surface area is 156 Å². The van der Waals surface area contributed by atoms with E-state index in [2.05, 4.69) is 69.6 Å². The summed E-state index contributed by atoms with van der Waals surface area (Å²) in [6.07, 6.45) is 3.52. The number of rotatable bonds is 7. The Hall–Kier alpha value is -2.30. The molecule has 1 aromatic carbocycles. The fourth-order valence-electron chi connectivity index (χ4n) is 3.67. The zero-order chi connectivity index (χ0) is 18.6. The van der Waals surface area contributed by atoms with Gasteiger partial charge in [0, 0.05) is 37.8 Å². The standard InChI is InChI=1S/C21H31N5/c1-16-8-5-6-9-19(16)21(10-11-21)15-24-20(22-4)23-12-7-13-26-18(3)14-17(2)25-26/h5-6,8-9,14H,7,10-13,15H2,1-4H3,(H2,22,23,24). The number of nitrogens with one attached hydrogen (secondary N) is 2. The Morgan fingerprint density at radius 3 is 2.58 bits per heavy atom. The number of aromatic nitrogens is 2. The minimum Gasteiger partial charge on any atom is -0.356 e. The van der Waals surface area contributed by atoms with Crippen molar-refractivity contribution >= 4 is 5.96 Å². The largest absolute Gasteiger partial charge is 0.356 e. The van der Waals surface area contributed by atoms with Crippen LogP contribution in [0, 0.1) is 20.8 Å². The van der Waals surface area contributed by atoms with Crippen LogP contribution in [0.1, 0.15) is 41.8 Å². The molecule has 5 heteroatoms. The summed E-state index contributed by atoms with van der Waals surface area (Å²) in [5, 5.41) is 11.5. The summed E-state index contributed by atoms with van der Waals surface area (Å²) in [6.45, 7) is 9.10. The normalized spacial score (nSPS) is 15.8. The molecule has 1 saturated carbocycles. The van der Waals surface area contributed by atoms with Crippen LogP contribution in [0.5, 0.6) is 0 Å². The maximum absolute atomic E-state index is 4.51. The zero-order valence-corrected chi connectivity index (χ0v) is 16.5. The van der Waals surface area contributed by atoms with E-state index in [1.54, 1.807) is 0 Å². The van der Waals surface area contributed by atoms with Gasteiger partial charge in [-0.15, -0.1) is 0 Å². The van der Waals surface area contributed by atoms with Gasteiger partial charge in [-0.3, -0.25) is 9.67 Å². The second-order valence-electron chi connectivity index (χ2n) is 7.45. The molecule has 0 bridgehead atoms. The van der Waals surface area contributed by atoms with Crippen LogP contribution in [0.15, 0.2) is 35.3 Å². The predicted molar refractivity (Wildman–Crippen MR) is 108 cm³/mol. The molecule has 26 heavy (non-hydrogen) atoms. The SMILES string of the molecule is CN=C(NCCCn1nc(C)cc1C)NCC1(c2ccccc2C)CC1. The molecule has 0 amide bonds. The van der Waals surface area contributed by atoms with Crippen molar-refractivity contribution in [3.63, 3.8) is 0 Å². The summed E-state index contributed by atoms with van der Waals surface area (Å²) in [7, 11) is 1.84. The molecule has 5 nitrogen and oxygen atoms in total. The van der Waals surface area contributed by atoms with Crippen LogP contribution in [0.2, 0.25) is 0 Å². The van der Waals surface area contributed by atoms with E-state index in [-0.39, 0.29) is 5.41 Å². The van der Waals surface area contributed by atoms with E-state index in [0.29, 0.717) is 0 Å². The predicted octanol–water partition coefficient (Wildman–Crippen LogP) is 3.10. The van der Waals surface area contributed by atoms with Crippen molar-refractivity contribution in [1.82, 2.24) is 20.4 Å². The Kier molecular flexibility index (Phi) is 5.64. The Morgan fingerprint density at radius 2 is 1.96 bits per heavy atom. The third kappa shape index (κ3) is 4.26. The van der Waals surface area contributed by atoms with E-state index in [1.807, 2.05) is 14.0 Å². The van der Waals surface area contributed by atoms with Gasteiger partial charge in [0.15, 0.2) is 5.96 Å². The van der Waals surface area contributed by atoms with Gasteiger partial charge in [-0.05, 0) is 57.2 Å². The molecule has 0 aliphatic heterocycles. The minimum absolute atomic E-state index is 0.284. The van der Waals surface area contributed by atoms with E-state index in [4.69, 9.17) is 0 Å². The van der Waals surface area contributed by atoms with Crippen LogP contribution >= 0.6 is 0 Å². The number of hydrogen-bond donors (Lipinski definition) is 2. The maximum Gasteiger partial charge on any atom is 0.191 e. The maximum atomic E-state index is 4.51. The minimum atomic E-state index is 0.284. The van der Waals surface area contributed by atoms with E-state index < -0.39 is 0 Å². The highest BCUT2D eigenvalue weighted by molar-refractivity contribution is 5.79. The summed E-state index contributed by atoms with van der Waals surface area (Å²) in [5.41, 5.74) is 5.46. The zero-order valence-electron chi connectivity index (χ0n) is 16.5. The van der Waals surface area contributed by atoms with E-state index >= 15 is 0 Å². The van der Waals surface area contributed by atoms with Crippen molar-refractivity contribution in [2.24, 2.45) is 4.99 Å². The summed E-state index contributed by atoms with van der Waals surface area (Å²) in [6, 6.07) is 10.9. The molecule has 0 radical (unpaired) electrons. The van der Waals surface area contributed by atoms with Crippen LogP contribution in [-0.2, 0) is 12.0 Å². The van der Waals surface area contributed by atoms with Gasteiger partial charge in [0.05, 0.1) is 5.69 Å². The highest BCUT2D eigenvalue weighted by Gasteiger charge is 2.44. The van der Waals surface area contributed by atoms with Crippen molar-refractivity contribution in [3.8, 4) is 0 Å². The lowest BCUT2D eigenvalue weighted by Gasteiger charge is -2.20. The van der Waals surface area contributed by atoms with Gasteiger partial charge in [-0.1, -0.05) is 24.3 Å². The first-order valence-corrected chi connectivity index (χ1v) is 9.56. The molecule has 1 heterocycles. The molecule has 0 atom stereocenters. The van der Waals surface area contributed by atoms with Crippen LogP contribution in [-0.4, -0.2) is 35.9 Å². The molecular formula is C21H31N5. The molecule has 1 aliphatic carbocycles. The average Bonchev–Trinajstić information content (AvgIpc) is 3.34. The van der Waals surface area contributed by atoms with Gasteiger partial charge in [0.2, 0.25) is 0 Å². The van der Waals surface area contributed by atoms with Crippen LogP contribution < -0.4 is 10.6 Å². The second-order valence-corrected chi connectivity index (χ2v) is 7.45. The van der Waals surface area contributed by atoms with Gasteiger partial charge in [0.1, 0.15) is 0 Å². The van der Waals surface area contributed by atoms with Crippen molar-refractivity contribution in [2.45, 2.75) is 52.0 Å². The van der Waals surface area contributed by atoms with E-state index in [9.17, 15) is 0 Å². The molecule has 2 N–H and O–H groups in total. The number of nitrogens with zero attached hydrogens (tertiary/aromatic N) is 3. The topological polar surface area (TPSA) is 54.2 Å². The Morgan fingerprint density at radius 1 is 1.19 bits per heavy atom. The third-order valence-electron chi connectivity index (χ3n) is 5.33. The van der Waals surface area contributed by atoms with Crippen LogP contribution in [0.25, 0.3) is 0 Å².